The minimum atomic E-state index is -0.280. The lowest BCUT2D eigenvalue weighted by molar-refractivity contribution is 0.251. The maximum Gasteiger partial charge on any atom is 0.319 e. The second kappa shape index (κ2) is 7.22. The summed E-state index contributed by atoms with van der Waals surface area (Å²) in [5.41, 5.74) is 5.66. The zero-order chi connectivity index (χ0) is 20.7. The molecule has 2 amide bonds. The van der Waals surface area contributed by atoms with E-state index in [0.29, 0.717) is 12.2 Å². The van der Waals surface area contributed by atoms with Crippen LogP contribution in [-0.2, 0) is 13.1 Å². The maximum absolute atomic E-state index is 12.5. The number of fused-ring (bicyclic) bond motifs is 4. The number of rotatable bonds is 4. The molecule has 0 spiro atoms. The summed E-state index contributed by atoms with van der Waals surface area (Å²) < 4.78 is 7.62. The summed E-state index contributed by atoms with van der Waals surface area (Å²) in [5, 5.41) is 13.1. The van der Waals surface area contributed by atoms with Crippen LogP contribution in [0.5, 0.6) is 0 Å². The van der Waals surface area contributed by atoms with Crippen LogP contribution in [0.15, 0.2) is 65.2 Å². The normalized spacial score (nSPS) is 11.4. The van der Waals surface area contributed by atoms with Crippen LogP contribution in [0, 0.1) is 6.92 Å². The zero-order valence-electron chi connectivity index (χ0n) is 16.9. The van der Waals surface area contributed by atoms with E-state index >= 15 is 0 Å². The van der Waals surface area contributed by atoms with Crippen molar-refractivity contribution >= 4 is 44.5 Å². The SMILES string of the molecule is CCn1c2ccccc2c2cc(NC(=O)NCc3noc4ccc(C)cc34)ccc21. The number of carbonyl (C=O) groups is 1. The molecule has 150 valence electrons. The van der Waals surface area contributed by atoms with E-state index in [1.54, 1.807) is 0 Å². The maximum atomic E-state index is 12.5. The van der Waals surface area contributed by atoms with Gasteiger partial charge in [-0.05, 0) is 50.2 Å². The first kappa shape index (κ1) is 18.2. The zero-order valence-corrected chi connectivity index (χ0v) is 16.9. The quantitative estimate of drug-likeness (QED) is 0.415. The molecule has 0 saturated carbocycles. The summed E-state index contributed by atoms with van der Waals surface area (Å²) >= 11 is 0. The molecular weight excluding hydrogens is 376 g/mol. The van der Waals surface area contributed by atoms with Crippen LogP contribution < -0.4 is 10.6 Å². The molecule has 0 saturated heterocycles. The Kier molecular flexibility index (Phi) is 4.39. The fourth-order valence-corrected chi connectivity index (χ4v) is 4.04. The minimum Gasteiger partial charge on any atom is -0.356 e. The summed E-state index contributed by atoms with van der Waals surface area (Å²) in [6.45, 7) is 5.34. The van der Waals surface area contributed by atoms with Gasteiger partial charge in [0.05, 0.1) is 6.54 Å². The average Bonchev–Trinajstić information content (AvgIpc) is 3.30. The Labute approximate surface area is 173 Å². The third-order valence-corrected chi connectivity index (χ3v) is 5.46. The van der Waals surface area contributed by atoms with Crippen LogP contribution in [0.2, 0.25) is 0 Å². The topological polar surface area (TPSA) is 72.1 Å². The summed E-state index contributed by atoms with van der Waals surface area (Å²) in [6.07, 6.45) is 0. The molecule has 0 radical (unpaired) electrons. The third kappa shape index (κ3) is 3.06. The lowest BCUT2D eigenvalue weighted by Gasteiger charge is -2.08. The Morgan fingerprint density at radius 3 is 2.70 bits per heavy atom. The van der Waals surface area contributed by atoms with E-state index in [1.165, 1.54) is 10.9 Å². The molecule has 0 bridgehead atoms. The highest BCUT2D eigenvalue weighted by molar-refractivity contribution is 6.09. The van der Waals surface area contributed by atoms with Gasteiger partial charge >= 0.3 is 6.03 Å². The fourth-order valence-electron chi connectivity index (χ4n) is 4.04. The van der Waals surface area contributed by atoms with Gasteiger partial charge in [0, 0.05) is 39.4 Å². The number of nitrogens with one attached hydrogen (secondary N) is 2. The summed E-state index contributed by atoms with van der Waals surface area (Å²) in [5.74, 6) is 0. The van der Waals surface area contributed by atoms with E-state index in [0.717, 1.165) is 39.7 Å². The van der Waals surface area contributed by atoms with Crippen molar-refractivity contribution in [2.75, 3.05) is 5.32 Å². The van der Waals surface area contributed by atoms with Gasteiger partial charge in [0.2, 0.25) is 0 Å². The molecular formula is C24H22N4O2. The van der Waals surface area contributed by atoms with Crippen molar-refractivity contribution in [3.05, 3.63) is 71.9 Å². The molecule has 0 aliphatic rings. The van der Waals surface area contributed by atoms with E-state index in [2.05, 4.69) is 51.5 Å². The molecule has 2 heterocycles. The average molecular weight is 398 g/mol. The lowest BCUT2D eigenvalue weighted by Crippen LogP contribution is -2.28. The molecule has 0 fully saturated rings. The van der Waals surface area contributed by atoms with Crippen molar-refractivity contribution in [1.29, 1.82) is 0 Å². The van der Waals surface area contributed by atoms with Crippen molar-refractivity contribution in [3.63, 3.8) is 0 Å². The Hall–Kier alpha value is -3.80. The highest BCUT2D eigenvalue weighted by Crippen LogP contribution is 2.31. The van der Waals surface area contributed by atoms with E-state index in [9.17, 15) is 4.79 Å². The number of para-hydroxylation sites is 1. The predicted octanol–water partition coefficient (Wildman–Crippen LogP) is 5.59. The lowest BCUT2D eigenvalue weighted by atomic mass is 10.1. The number of hydrogen-bond acceptors (Lipinski definition) is 3. The molecule has 0 unspecified atom stereocenters. The van der Waals surface area contributed by atoms with Gasteiger partial charge < -0.3 is 19.7 Å². The van der Waals surface area contributed by atoms with Crippen molar-refractivity contribution in [2.24, 2.45) is 0 Å². The molecule has 6 heteroatoms. The summed E-state index contributed by atoms with van der Waals surface area (Å²) in [6, 6.07) is 20.0. The first-order valence-electron chi connectivity index (χ1n) is 10.0. The molecule has 3 aromatic carbocycles. The Morgan fingerprint density at radius 2 is 1.83 bits per heavy atom. The van der Waals surface area contributed by atoms with Gasteiger partial charge in [-0.3, -0.25) is 0 Å². The largest absolute Gasteiger partial charge is 0.356 e. The summed E-state index contributed by atoms with van der Waals surface area (Å²) in [7, 11) is 0. The Bertz CT molecular complexity index is 1400. The van der Waals surface area contributed by atoms with E-state index < -0.39 is 0 Å². The fraction of sp³-hybridized carbons (Fsp3) is 0.167. The Balaban J connectivity index is 1.36. The predicted molar refractivity (Wildman–Crippen MR) is 120 cm³/mol. The van der Waals surface area contributed by atoms with Crippen LogP contribution in [0.1, 0.15) is 18.2 Å². The second-order valence-corrected chi connectivity index (χ2v) is 7.43. The van der Waals surface area contributed by atoms with Crippen LogP contribution >= 0.6 is 0 Å². The highest BCUT2D eigenvalue weighted by Gasteiger charge is 2.12. The second-order valence-electron chi connectivity index (χ2n) is 7.43. The third-order valence-electron chi connectivity index (χ3n) is 5.46. The smallest absolute Gasteiger partial charge is 0.319 e. The summed E-state index contributed by atoms with van der Waals surface area (Å²) in [4.78, 5) is 12.5. The van der Waals surface area contributed by atoms with Crippen molar-refractivity contribution in [2.45, 2.75) is 26.9 Å². The van der Waals surface area contributed by atoms with E-state index in [-0.39, 0.29) is 6.03 Å². The number of aromatic nitrogens is 2. The van der Waals surface area contributed by atoms with Crippen LogP contribution in [0.25, 0.3) is 32.8 Å². The number of anilines is 1. The van der Waals surface area contributed by atoms with Crippen molar-refractivity contribution in [1.82, 2.24) is 15.0 Å². The molecule has 0 aliphatic heterocycles. The van der Waals surface area contributed by atoms with E-state index in [1.807, 2.05) is 43.3 Å². The van der Waals surface area contributed by atoms with Crippen LogP contribution in [-0.4, -0.2) is 15.8 Å². The number of amides is 2. The first-order chi connectivity index (χ1) is 14.6. The van der Waals surface area contributed by atoms with Crippen molar-refractivity contribution < 1.29 is 9.32 Å². The van der Waals surface area contributed by atoms with Crippen LogP contribution in [0.3, 0.4) is 0 Å². The molecule has 2 N–H and O–H groups in total. The number of hydrogen-bond donors (Lipinski definition) is 2. The molecule has 0 atom stereocenters. The molecule has 2 aromatic heterocycles. The van der Waals surface area contributed by atoms with Gasteiger partial charge in [0.15, 0.2) is 5.58 Å². The molecule has 5 aromatic rings. The van der Waals surface area contributed by atoms with Gasteiger partial charge in [0.25, 0.3) is 0 Å². The number of carbonyl (C=O) groups excluding carboxylic acids is 1. The molecule has 30 heavy (non-hydrogen) atoms. The van der Waals surface area contributed by atoms with Gasteiger partial charge in [-0.1, -0.05) is 35.0 Å². The molecule has 5 rings (SSSR count). The Morgan fingerprint density at radius 1 is 1.00 bits per heavy atom. The molecule has 0 aliphatic carbocycles. The number of nitrogens with zero attached hydrogens (tertiary/aromatic N) is 2. The van der Waals surface area contributed by atoms with Gasteiger partial charge in [-0.15, -0.1) is 0 Å². The van der Waals surface area contributed by atoms with Crippen molar-refractivity contribution in [3.8, 4) is 0 Å². The van der Waals surface area contributed by atoms with Crippen LogP contribution in [0.4, 0.5) is 10.5 Å². The minimum absolute atomic E-state index is 0.280. The van der Waals surface area contributed by atoms with Gasteiger partial charge in [-0.2, -0.15) is 0 Å². The number of urea groups is 1. The molecule has 6 nitrogen and oxygen atoms in total. The number of aryl methyl sites for hydroxylation is 2. The van der Waals surface area contributed by atoms with Gasteiger partial charge in [-0.25, -0.2) is 4.79 Å². The number of benzene rings is 3. The monoisotopic (exact) mass is 398 g/mol. The highest BCUT2D eigenvalue weighted by atomic mass is 16.5. The van der Waals surface area contributed by atoms with Gasteiger partial charge in [0.1, 0.15) is 5.69 Å². The first-order valence-corrected chi connectivity index (χ1v) is 10.0. The van der Waals surface area contributed by atoms with E-state index in [4.69, 9.17) is 4.52 Å². The standard InChI is InChI=1S/C24H22N4O2/c1-3-28-21-7-5-4-6-17(21)18-13-16(9-10-22(18)28)26-24(29)25-14-20-19-12-15(2)8-11-23(19)30-27-20/h4-13H,3,14H2,1-2H3,(H2,25,26,29).